The van der Waals surface area contributed by atoms with E-state index in [9.17, 15) is 20.1 Å². The van der Waals surface area contributed by atoms with E-state index in [1.165, 1.54) is 6.08 Å². The molecule has 1 aromatic carbocycles. The van der Waals surface area contributed by atoms with Crippen molar-refractivity contribution in [3.8, 4) is 0 Å². The highest BCUT2D eigenvalue weighted by Gasteiger charge is 2.28. The Morgan fingerprint density at radius 3 is 2.35 bits per heavy atom. The predicted molar refractivity (Wildman–Crippen MR) is 74.0 cm³/mol. The number of carboxylic acid groups (broad SMARTS) is 1. The van der Waals surface area contributed by atoms with E-state index >= 15 is 0 Å². The number of aliphatic hydroxyl groups is 3. The van der Waals surface area contributed by atoms with Gasteiger partial charge in [0.05, 0.1) is 12.2 Å². The van der Waals surface area contributed by atoms with Gasteiger partial charge in [-0.15, -0.1) is 0 Å². The first-order valence-electron chi connectivity index (χ1n) is 6.42. The predicted octanol–water partition coefficient (Wildman–Crippen LogP) is 1.11. The lowest BCUT2D eigenvalue weighted by Crippen LogP contribution is -2.33. The van der Waals surface area contributed by atoms with Crippen molar-refractivity contribution in [2.24, 2.45) is 5.92 Å². The third-order valence-corrected chi connectivity index (χ3v) is 3.25. The molecule has 0 aliphatic rings. The van der Waals surface area contributed by atoms with E-state index in [4.69, 9.17) is 5.11 Å². The maximum Gasteiger partial charge on any atom is 0.327 e. The van der Waals surface area contributed by atoms with E-state index < -0.39 is 30.2 Å². The molecule has 0 saturated carbocycles. The molecule has 0 aromatic heterocycles. The summed E-state index contributed by atoms with van der Waals surface area (Å²) in [6.07, 6.45) is -0.790. The molecule has 20 heavy (non-hydrogen) atoms. The van der Waals surface area contributed by atoms with Crippen LogP contribution >= 0.6 is 0 Å². The molecule has 110 valence electrons. The Labute approximate surface area is 117 Å². The molecule has 0 saturated heterocycles. The third-order valence-electron chi connectivity index (χ3n) is 3.25. The van der Waals surface area contributed by atoms with Crippen LogP contribution in [0.1, 0.15) is 25.0 Å². The Kier molecular flexibility index (Phi) is 6.38. The van der Waals surface area contributed by atoms with Gasteiger partial charge in [0, 0.05) is 12.0 Å². The van der Waals surface area contributed by atoms with E-state index in [1.54, 1.807) is 37.3 Å². The Balaban J connectivity index is 2.61. The fourth-order valence-electron chi connectivity index (χ4n) is 1.89. The zero-order valence-corrected chi connectivity index (χ0v) is 11.3. The van der Waals surface area contributed by atoms with Crippen LogP contribution in [0.5, 0.6) is 0 Å². The van der Waals surface area contributed by atoms with E-state index in [2.05, 4.69) is 0 Å². The molecular formula is C15H20O5. The van der Waals surface area contributed by atoms with Gasteiger partial charge in [0.15, 0.2) is 0 Å². The molecule has 4 N–H and O–H groups in total. The number of rotatable bonds is 7. The van der Waals surface area contributed by atoms with Crippen LogP contribution in [-0.2, 0) is 4.79 Å². The minimum absolute atomic E-state index is 0.103. The molecular weight excluding hydrogens is 260 g/mol. The minimum Gasteiger partial charge on any atom is -0.478 e. The lowest BCUT2D eigenvalue weighted by Gasteiger charge is -2.27. The van der Waals surface area contributed by atoms with Crippen LogP contribution in [0.2, 0.25) is 0 Å². The Morgan fingerprint density at radius 1 is 1.20 bits per heavy atom. The standard InChI is InChI=1S/C15H20O5/c1-10(12(16)8-5-9-13(17)18)14(19)15(20)11-6-3-2-4-7-11/h2-7,9-10,12,14-16,19-20H,8H2,1H3,(H,17,18). The van der Waals surface area contributed by atoms with E-state index in [1.807, 2.05) is 0 Å². The van der Waals surface area contributed by atoms with Gasteiger partial charge in [-0.1, -0.05) is 43.3 Å². The van der Waals surface area contributed by atoms with Crippen molar-refractivity contribution in [1.29, 1.82) is 0 Å². The highest BCUT2D eigenvalue weighted by Crippen LogP contribution is 2.24. The van der Waals surface area contributed by atoms with Gasteiger partial charge in [-0.2, -0.15) is 0 Å². The van der Waals surface area contributed by atoms with Gasteiger partial charge in [-0.05, 0) is 12.0 Å². The van der Waals surface area contributed by atoms with Crippen molar-refractivity contribution in [3.63, 3.8) is 0 Å². The number of carbonyl (C=O) groups is 1. The van der Waals surface area contributed by atoms with E-state index in [-0.39, 0.29) is 6.42 Å². The van der Waals surface area contributed by atoms with Gasteiger partial charge in [0.2, 0.25) is 0 Å². The summed E-state index contributed by atoms with van der Waals surface area (Å²) in [5.74, 6) is -1.68. The smallest absolute Gasteiger partial charge is 0.327 e. The third kappa shape index (κ3) is 4.77. The summed E-state index contributed by atoms with van der Waals surface area (Å²) < 4.78 is 0. The largest absolute Gasteiger partial charge is 0.478 e. The van der Waals surface area contributed by atoms with Crippen LogP contribution in [0.3, 0.4) is 0 Å². The molecule has 0 heterocycles. The summed E-state index contributed by atoms with van der Waals surface area (Å²) in [5, 5.41) is 38.5. The molecule has 0 bridgehead atoms. The topological polar surface area (TPSA) is 98.0 Å². The maximum atomic E-state index is 10.3. The van der Waals surface area contributed by atoms with Crippen molar-refractivity contribution in [3.05, 3.63) is 48.0 Å². The number of hydrogen-bond donors (Lipinski definition) is 4. The Morgan fingerprint density at radius 2 is 1.80 bits per heavy atom. The van der Waals surface area contributed by atoms with Crippen molar-refractivity contribution in [2.75, 3.05) is 0 Å². The first kappa shape index (κ1) is 16.4. The molecule has 0 radical (unpaired) electrons. The summed E-state index contributed by atoms with van der Waals surface area (Å²) in [4.78, 5) is 10.3. The quantitative estimate of drug-likeness (QED) is 0.561. The normalized spacial score (nSPS) is 17.6. The lowest BCUT2D eigenvalue weighted by atomic mass is 9.89. The van der Waals surface area contributed by atoms with Crippen molar-refractivity contribution in [1.82, 2.24) is 0 Å². The molecule has 5 nitrogen and oxygen atoms in total. The molecule has 1 aromatic rings. The molecule has 1 rings (SSSR count). The van der Waals surface area contributed by atoms with Gasteiger partial charge >= 0.3 is 5.97 Å². The number of hydrogen-bond acceptors (Lipinski definition) is 4. The lowest BCUT2D eigenvalue weighted by molar-refractivity contribution is -0.131. The second kappa shape index (κ2) is 7.79. The maximum absolute atomic E-state index is 10.3. The Bertz CT molecular complexity index is 443. The van der Waals surface area contributed by atoms with Crippen LogP contribution in [0, 0.1) is 5.92 Å². The average molecular weight is 280 g/mol. The van der Waals surface area contributed by atoms with E-state index in [0.29, 0.717) is 5.56 Å². The van der Waals surface area contributed by atoms with Crippen molar-refractivity contribution in [2.45, 2.75) is 31.7 Å². The molecule has 0 aliphatic carbocycles. The number of aliphatic hydroxyl groups excluding tert-OH is 3. The number of carboxylic acids is 1. The molecule has 0 aliphatic heterocycles. The number of aliphatic carboxylic acids is 1. The second-order valence-electron chi connectivity index (χ2n) is 4.75. The first-order chi connectivity index (χ1) is 9.43. The fraction of sp³-hybridized carbons (Fsp3) is 0.400. The van der Waals surface area contributed by atoms with Crippen LogP contribution < -0.4 is 0 Å². The summed E-state index contributed by atoms with van der Waals surface area (Å²) in [6.45, 7) is 1.61. The van der Waals surface area contributed by atoms with Crippen LogP contribution in [-0.4, -0.2) is 38.6 Å². The van der Waals surface area contributed by atoms with Gasteiger partial charge in [0.1, 0.15) is 6.10 Å². The Hall–Kier alpha value is -1.69. The fourth-order valence-corrected chi connectivity index (χ4v) is 1.89. The summed E-state index contributed by atoms with van der Waals surface area (Å²) in [5.41, 5.74) is 0.570. The van der Waals surface area contributed by atoms with Crippen LogP contribution in [0.15, 0.2) is 42.5 Å². The molecule has 0 fully saturated rings. The van der Waals surface area contributed by atoms with Crippen molar-refractivity contribution >= 4 is 5.97 Å². The summed E-state index contributed by atoms with van der Waals surface area (Å²) >= 11 is 0. The number of benzene rings is 1. The van der Waals surface area contributed by atoms with Gasteiger partial charge in [0.25, 0.3) is 0 Å². The monoisotopic (exact) mass is 280 g/mol. The van der Waals surface area contributed by atoms with Gasteiger partial charge in [-0.25, -0.2) is 4.79 Å². The molecule has 4 atom stereocenters. The molecule has 4 unspecified atom stereocenters. The van der Waals surface area contributed by atoms with Gasteiger partial charge in [-0.3, -0.25) is 0 Å². The molecule has 0 amide bonds. The highest BCUT2D eigenvalue weighted by atomic mass is 16.4. The molecule has 5 heteroatoms. The average Bonchev–Trinajstić information content (AvgIpc) is 2.45. The van der Waals surface area contributed by atoms with Crippen LogP contribution in [0.25, 0.3) is 0 Å². The zero-order chi connectivity index (χ0) is 15.1. The SMILES string of the molecule is CC(C(O)CC=CC(=O)O)C(O)C(O)c1ccccc1. The summed E-state index contributed by atoms with van der Waals surface area (Å²) in [6, 6.07) is 8.69. The zero-order valence-electron chi connectivity index (χ0n) is 11.3. The van der Waals surface area contributed by atoms with Crippen LogP contribution in [0.4, 0.5) is 0 Å². The van der Waals surface area contributed by atoms with Gasteiger partial charge < -0.3 is 20.4 Å². The van der Waals surface area contributed by atoms with Crippen molar-refractivity contribution < 1.29 is 25.2 Å². The van der Waals surface area contributed by atoms with E-state index in [0.717, 1.165) is 6.08 Å². The highest BCUT2D eigenvalue weighted by molar-refractivity contribution is 5.79. The minimum atomic E-state index is -1.13. The summed E-state index contributed by atoms with van der Waals surface area (Å²) in [7, 11) is 0. The first-order valence-corrected chi connectivity index (χ1v) is 6.42. The molecule has 0 spiro atoms. The second-order valence-corrected chi connectivity index (χ2v) is 4.75.